The van der Waals surface area contributed by atoms with Crippen LogP contribution in [0.5, 0.6) is 5.88 Å². The van der Waals surface area contributed by atoms with E-state index in [4.69, 9.17) is 10.5 Å². The minimum atomic E-state index is 0.226. The molecule has 0 radical (unpaired) electrons. The first-order chi connectivity index (χ1) is 9.28. The summed E-state index contributed by atoms with van der Waals surface area (Å²) in [6.45, 7) is 4.33. The van der Waals surface area contributed by atoms with E-state index in [1.54, 1.807) is 12.3 Å². The SMILES string of the molecule is CCCOc1ccnc(NCC2(CN)CCCC2)n1. The van der Waals surface area contributed by atoms with Crippen LogP contribution in [-0.2, 0) is 0 Å². The minimum absolute atomic E-state index is 0.226. The number of hydrogen-bond donors (Lipinski definition) is 2. The molecule has 1 aromatic heterocycles. The summed E-state index contributed by atoms with van der Waals surface area (Å²) in [6.07, 6.45) is 7.65. The van der Waals surface area contributed by atoms with Crippen LogP contribution in [0.2, 0.25) is 0 Å². The predicted octanol–water partition coefficient (Wildman–Crippen LogP) is 2.20. The first kappa shape index (κ1) is 14.1. The Kier molecular flexibility index (Phi) is 4.96. The summed E-state index contributed by atoms with van der Waals surface area (Å²) in [7, 11) is 0. The predicted molar refractivity (Wildman–Crippen MR) is 76.3 cm³/mol. The molecule has 0 unspecified atom stereocenters. The van der Waals surface area contributed by atoms with Crippen molar-refractivity contribution in [3.8, 4) is 5.88 Å². The maximum absolute atomic E-state index is 5.92. The van der Waals surface area contributed by atoms with Gasteiger partial charge in [0.05, 0.1) is 6.61 Å². The van der Waals surface area contributed by atoms with Crippen LogP contribution in [0.1, 0.15) is 39.0 Å². The van der Waals surface area contributed by atoms with Gasteiger partial charge in [0.15, 0.2) is 0 Å². The number of anilines is 1. The van der Waals surface area contributed by atoms with Crippen molar-refractivity contribution in [1.29, 1.82) is 0 Å². The fourth-order valence-electron chi connectivity index (χ4n) is 2.56. The third-order valence-corrected chi connectivity index (χ3v) is 3.80. The Balaban J connectivity index is 1.91. The molecule has 5 heteroatoms. The number of aromatic nitrogens is 2. The standard InChI is InChI=1S/C14H24N4O/c1-2-9-19-12-5-8-16-13(18-12)17-11-14(10-15)6-3-4-7-14/h5,8H,2-4,6-7,9-11,15H2,1H3,(H,16,17,18). The second-order valence-corrected chi connectivity index (χ2v) is 5.33. The smallest absolute Gasteiger partial charge is 0.225 e. The maximum atomic E-state index is 5.92. The van der Waals surface area contributed by atoms with Crippen molar-refractivity contribution in [3.05, 3.63) is 12.3 Å². The average molecular weight is 264 g/mol. The summed E-state index contributed by atoms with van der Waals surface area (Å²) < 4.78 is 5.50. The summed E-state index contributed by atoms with van der Waals surface area (Å²) in [6, 6.07) is 1.79. The molecule has 5 nitrogen and oxygen atoms in total. The number of nitrogens with two attached hydrogens (primary N) is 1. The van der Waals surface area contributed by atoms with Gasteiger partial charge in [0.25, 0.3) is 0 Å². The molecule has 0 atom stereocenters. The molecule has 0 aromatic carbocycles. The summed E-state index contributed by atoms with van der Waals surface area (Å²) in [4.78, 5) is 8.58. The molecule has 0 saturated heterocycles. The van der Waals surface area contributed by atoms with Gasteiger partial charge in [0, 0.05) is 18.8 Å². The van der Waals surface area contributed by atoms with E-state index in [1.807, 2.05) is 0 Å². The first-order valence-electron chi connectivity index (χ1n) is 7.18. The van der Waals surface area contributed by atoms with Gasteiger partial charge in [0.2, 0.25) is 11.8 Å². The van der Waals surface area contributed by atoms with E-state index in [1.165, 1.54) is 25.7 Å². The first-order valence-corrected chi connectivity index (χ1v) is 7.18. The largest absolute Gasteiger partial charge is 0.478 e. The topological polar surface area (TPSA) is 73.1 Å². The van der Waals surface area contributed by atoms with E-state index in [0.717, 1.165) is 19.5 Å². The lowest BCUT2D eigenvalue weighted by Gasteiger charge is -2.27. The van der Waals surface area contributed by atoms with Gasteiger partial charge in [-0.2, -0.15) is 4.98 Å². The number of rotatable bonds is 7. The Morgan fingerprint density at radius 2 is 2.21 bits per heavy atom. The lowest BCUT2D eigenvalue weighted by atomic mass is 9.86. The Bertz CT molecular complexity index is 391. The van der Waals surface area contributed by atoms with Gasteiger partial charge in [-0.05, 0) is 31.2 Å². The van der Waals surface area contributed by atoms with Gasteiger partial charge in [-0.15, -0.1) is 0 Å². The molecule has 3 N–H and O–H groups in total. The van der Waals surface area contributed by atoms with E-state index >= 15 is 0 Å². The second kappa shape index (κ2) is 6.70. The molecule has 1 heterocycles. The lowest BCUT2D eigenvalue weighted by molar-refractivity contribution is 0.304. The highest BCUT2D eigenvalue weighted by Gasteiger charge is 2.32. The van der Waals surface area contributed by atoms with Crippen molar-refractivity contribution in [2.24, 2.45) is 11.1 Å². The van der Waals surface area contributed by atoms with Crippen LogP contribution in [0.15, 0.2) is 12.3 Å². The van der Waals surface area contributed by atoms with Crippen molar-refractivity contribution < 1.29 is 4.74 Å². The highest BCUT2D eigenvalue weighted by Crippen LogP contribution is 2.36. The van der Waals surface area contributed by atoms with Crippen molar-refractivity contribution in [1.82, 2.24) is 9.97 Å². The van der Waals surface area contributed by atoms with E-state index in [9.17, 15) is 0 Å². The van der Waals surface area contributed by atoms with Crippen molar-refractivity contribution in [2.75, 3.05) is 25.0 Å². The zero-order valence-electron chi connectivity index (χ0n) is 11.7. The molecule has 2 rings (SSSR count). The number of hydrogen-bond acceptors (Lipinski definition) is 5. The molecule has 0 amide bonds. The van der Waals surface area contributed by atoms with Gasteiger partial charge in [0.1, 0.15) is 0 Å². The Morgan fingerprint density at radius 3 is 2.89 bits per heavy atom. The maximum Gasteiger partial charge on any atom is 0.225 e. The third kappa shape index (κ3) is 3.80. The van der Waals surface area contributed by atoms with Crippen molar-refractivity contribution in [2.45, 2.75) is 39.0 Å². The highest BCUT2D eigenvalue weighted by atomic mass is 16.5. The molecular weight excluding hydrogens is 240 g/mol. The summed E-state index contributed by atoms with van der Waals surface area (Å²) >= 11 is 0. The molecule has 0 bridgehead atoms. The third-order valence-electron chi connectivity index (χ3n) is 3.80. The van der Waals surface area contributed by atoms with Crippen LogP contribution in [0.4, 0.5) is 5.95 Å². The molecule has 1 saturated carbocycles. The van der Waals surface area contributed by atoms with E-state index < -0.39 is 0 Å². The zero-order valence-corrected chi connectivity index (χ0v) is 11.7. The van der Waals surface area contributed by atoms with Crippen LogP contribution in [0.3, 0.4) is 0 Å². The van der Waals surface area contributed by atoms with E-state index in [-0.39, 0.29) is 5.41 Å². The normalized spacial score (nSPS) is 17.4. The number of nitrogens with one attached hydrogen (secondary N) is 1. The number of ether oxygens (including phenoxy) is 1. The molecular formula is C14H24N4O. The molecule has 106 valence electrons. The fraction of sp³-hybridized carbons (Fsp3) is 0.714. The van der Waals surface area contributed by atoms with Gasteiger partial charge < -0.3 is 15.8 Å². The van der Waals surface area contributed by atoms with Crippen LogP contribution >= 0.6 is 0 Å². The van der Waals surface area contributed by atoms with Crippen LogP contribution in [0, 0.1) is 5.41 Å². The van der Waals surface area contributed by atoms with Gasteiger partial charge >= 0.3 is 0 Å². The monoisotopic (exact) mass is 264 g/mol. The van der Waals surface area contributed by atoms with Gasteiger partial charge in [-0.1, -0.05) is 19.8 Å². The lowest BCUT2D eigenvalue weighted by Crippen LogP contribution is -2.35. The molecule has 0 spiro atoms. The van der Waals surface area contributed by atoms with E-state index in [0.29, 0.717) is 18.4 Å². The van der Waals surface area contributed by atoms with Crippen LogP contribution in [0.25, 0.3) is 0 Å². The van der Waals surface area contributed by atoms with Gasteiger partial charge in [-0.3, -0.25) is 0 Å². The molecule has 1 aliphatic carbocycles. The number of nitrogens with zero attached hydrogens (tertiary/aromatic N) is 2. The minimum Gasteiger partial charge on any atom is -0.478 e. The molecule has 1 fully saturated rings. The quantitative estimate of drug-likeness (QED) is 0.790. The van der Waals surface area contributed by atoms with Crippen LogP contribution in [-0.4, -0.2) is 29.7 Å². The molecule has 1 aromatic rings. The van der Waals surface area contributed by atoms with Crippen molar-refractivity contribution >= 4 is 5.95 Å². The van der Waals surface area contributed by atoms with Crippen molar-refractivity contribution in [3.63, 3.8) is 0 Å². The average Bonchev–Trinajstić information content (AvgIpc) is 2.93. The Hall–Kier alpha value is -1.36. The molecule has 19 heavy (non-hydrogen) atoms. The van der Waals surface area contributed by atoms with E-state index in [2.05, 4.69) is 22.2 Å². The Labute approximate surface area is 115 Å². The zero-order chi connectivity index (χ0) is 13.6. The van der Waals surface area contributed by atoms with Gasteiger partial charge in [-0.25, -0.2) is 4.98 Å². The Morgan fingerprint density at radius 1 is 1.42 bits per heavy atom. The summed E-state index contributed by atoms with van der Waals surface area (Å²) in [5.74, 6) is 1.26. The summed E-state index contributed by atoms with van der Waals surface area (Å²) in [5, 5.41) is 3.31. The molecule has 1 aliphatic rings. The molecule has 0 aliphatic heterocycles. The second-order valence-electron chi connectivity index (χ2n) is 5.33. The van der Waals surface area contributed by atoms with Crippen LogP contribution < -0.4 is 15.8 Å². The fourth-order valence-corrected chi connectivity index (χ4v) is 2.56. The highest BCUT2D eigenvalue weighted by molar-refractivity contribution is 5.28. The summed E-state index contributed by atoms with van der Waals surface area (Å²) in [5.41, 5.74) is 6.15.